The summed E-state index contributed by atoms with van der Waals surface area (Å²) in [6.45, 7) is 3.43. The topological polar surface area (TPSA) is 43.4 Å². The summed E-state index contributed by atoms with van der Waals surface area (Å²) in [7, 11) is 1.43. The summed E-state index contributed by atoms with van der Waals surface area (Å²) >= 11 is 12.1. The Labute approximate surface area is 115 Å². The van der Waals surface area contributed by atoms with E-state index in [2.05, 4.69) is 0 Å². The van der Waals surface area contributed by atoms with Crippen LogP contribution in [0.15, 0.2) is 6.07 Å². The molecular weight excluding hydrogens is 275 g/mol. The van der Waals surface area contributed by atoms with E-state index in [1.54, 1.807) is 13.8 Å². The molecule has 18 heavy (non-hydrogen) atoms. The Hall–Kier alpha value is -1.06. The van der Waals surface area contributed by atoms with Crippen LogP contribution in [0.25, 0.3) is 0 Å². The first-order valence-electron chi connectivity index (χ1n) is 5.54. The van der Waals surface area contributed by atoms with Gasteiger partial charge in [0.15, 0.2) is 11.6 Å². The van der Waals surface area contributed by atoms with Crippen LogP contribution in [-0.4, -0.2) is 18.7 Å². The van der Waals surface area contributed by atoms with Crippen LogP contribution in [0.1, 0.15) is 41.0 Å². The Bertz CT molecular complexity index is 566. The molecule has 0 spiro atoms. The fourth-order valence-corrected chi connectivity index (χ4v) is 2.66. The van der Waals surface area contributed by atoms with Crippen molar-refractivity contribution in [2.75, 3.05) is 7.11 Å². The number of hydrogen-bond acceptors (Lipinski definition) is 3. The highest BCUT2D eigenvalue weighted by Crippen LogP contribution is 2.47. The third-order valence-corrected chi connectivity index (χ3v) is 4.42. The van der Waals surface area contributed by atoms with E-state index in [1.165, 1.54) is 13.2 Å². The summed E-state index contributed by atoms with van der Waals surface area (Å²) in [5, 5.41) is 0.265. The van der Waals surface area contributed by atoms with Crippen LogP contribution in [0.3, 0.4) is 0 Å². The van der Waals surface area contributed by atoms with Gasteiger partial charge in [0.2, 0.25) is 0 Å². The fraction of sp³-hybridized carbons (Fsp3) is 0.385. The number of ether oxygens (including phenoxy) is 1. The monoisotopic (exact) mass is 286 g/mol. The van der Waals surface area contributed by atoms with Gasteiger partial charge in [0.1, 0.15) is 10.8 Å². The second-order valence-electron chi connectivity index (χ2n) is 4.47. The van der Waals surface area contributed by atoms with Gasteiger partial charge in [-0.05, 0) is 19.4 Å². The second kappa shape index (κ2) is 4.25. The van der Waals surface area contributed by atoms with Crippen molar-refractivity contribution in [3.05, 3.63) is 27.2 Å². The van der Waals surface area contributed by atoms with Gasteiger partial charge < -0.3 is 4.74 Å². The molecule has 0 N–H and O–H groups in total. The van der Waals surface area contributed by atoms with Crippen LogP contribution in [0, 0.1) is 5.41 Å². The molecule has 1 atom stereocenters. The average Bonchev–Trinajstić information content (AvgIpc) is 2.56. The van der Waals surface area contributed by atoms with E-state index in [1.807, 2.05) is 0 Å². The molecule has 5 heteroatoms. The maximum atomic E-state index is 12.3. The molecule has 2 rings (SSSR count). The first-order valence-corrected chi connectivity index (χ1v) is 6.29. The van der Waals surface area contributed by atoms with Gasteiger partial charge in [-0.1, -0.05) is 30.1 Å². The number of halogens is 2. The number of fused-ring (bicyclic) bond motifs is 1. The minimum Gasteiger partial charge on any atom is -0.495 e. The minimum absolute atomic E-state index is 0.0986. The largest absolute Gasteiger partial charge is 0.495 e. The lowest BCUT2D eigenvalue weighted by Gasteiger charge is -2.16. The van der Waals surface area contributed by atoms with Crippen LogP contribution in [-0.2, 0) is 0 Å². The van der Waals surface area contributed by atoms with Crippen molar-refractivity contribution in [3.8, 4) is 5.75 Å². The molecule has 0 fully saturated rings. The molecule has 0 saturated heterocycles. The molecule has 1 aliphatic carbocycles. The quantitative estimate of drug-likeness (QED) is 0.777. The minimum atomic E-state index is -1.04. The van der Waals surface area contributed by atoms with E-state index in [9.17, 15) is 9.59 Å². The number of rotatable bonds is 2. The van der Waals surface area contributed by atoms with E-state index in [4.69, 9.17) is 27.9 Å². The molecule has 0 bridgehead atoms. The smallest absolute Gasteiger partial charge is 0.178 e. The highest BCUT2D eigenvalue weighted by atomic mass is 35.5. The van der Waals surface area contributed by atoms with Gasteiger partial charge in [0.05, 0.1) is 17.5 Å². The van der Waals surface area contributed by atoms with Crippen molar-refractivity contribution in [3.63, 3.8) is 0 Å². The van der Waals surface area contributed by atoms with Gasteiger partial charge in [-0.15, -0.1) is 0 Å². The van der Waals surface area contributed by atoms with Gasteiger partial charge in [-0.25, -0.2) is 0 Å². The Balaban J connectivity index is 2.77. The Kier molecular flexibility index (Phi) is 3.16. The van der Waals surface area contributed by atoms with Gasteiger partial charge in [0, 0.05) is 11.1 Å². The number of methoxy groups -OCH3 is 1. The van der Waals surface area contributed by atoms with Crippen LogP contribution in [0.5, 0.6) is 5.75 Å². The summed E-state index contributed by atoms with van der Waals surface area (Å²) in [5.74, 6) is -0.177. The Morgan fingerprint density at radius 1 is 1.22 bits per heavy atom. The molecule has 1 unspecified atom stereocenters. The molecule has 96 valence electrons. The van der Waals surface area contributed by atoms with Crippen LogP contribution >= 0.6 is 23.2 Å². The number of hydrogen-bond donors (Lipinski definition) is 0. The van der Waals surface area contributed by atoms with E-state index in [0.717, 1.165) is 0 Å². The molecular formula is C13H12Cl2O3. The van der Waals surface area contributed by atoms with E-state index in [0.29, 0.717) is 17.7 Å². The number of carbonyl (C=O) groups excluding carboxylic acids is 2. The summed E-state index contributed by atoms with van der Waals surface area (Å²) in [5.41, 5.74) is -0.519. The van der Waals surface area contributed by atoms with Crippen molar-refractivity contribution < 1.29 is 14.3 Å². The fourth-order valence-electron chi connectivity index (χ4n) is 2.15. The molecule has 0 aromatic heterocycles. The molecule has 1 aromatic rings. The molecule has 0 amide bonds. The van der Waals surface area contributed by atoms with Crippen molar-refractivity contribution >= 4 is 34.8 Å². The van der Waals surface area contributed by atoms with E-state index in [-0.39, 0.29) is 27.2 Å². The summed E-state index contributed by atoms with van der Waals surface area (Å²) in [4.78, 5) is 24.6. The predicted octanol–water partition coefficient (Wildman–Crippen LogP) is 3.80. The third-order valence-electron chi connectivity index (χ3n) is 3.57. The van der Waals surface area contributed by atoms with E-state index >= 15 is 0 Å². The lowest BCUT2D eigenvalue weighted by Crippen LogP contribution is -2.28. The molecule has 0 aliphatic heterocycles. The third kappa shape index (κ3) is 1.50. The number of carbonyl (C=O) groups is 2. The Morgan fingerprint density at radius 3 is 2.33 bits per heavy atom. The average molecular weight is 287 g/mol. The van der Waals surface area contributed by atoms with Crippen molar-refractivity contribution in [2.45, 2.75) is 20.3 Å². The molecule has 0 heterocycles. The standard InChI is InChI=1S/C13H12Cl2O3/c1-4-13(2)11(16)6-5-7(18-3)9(14)10(15)8(6)12(13)17/h5H,4H2,1-3H3. The normalized spacial score (nSPS) is 22.3. The second-order valence-corrected chi connectivity index (χ2v) is 5.23. The number of ketones is 2. The summed E-state index contributed by atoms with van der Waals surface area (Å²) in [6, 6.07) is 1.49. The van der Waals surface area contributed by atoms with Gasteiger partial charge in [0.25, 0.3) is 0 Å². The van der Waals surface area contributed by atoms with Crippen molar-refractivity contribution in [1.82, 2.24) is 0 Å². The molecule has 0 radical (unpaired) electrons. The predicted molar refractivity (Wildman–Crippen MR) is 70.1 cm³/mol. The van der Waals surface area contributed by atoms with Crippen LogP contribution in [0.2, 0.25) is 10.0 Å². The maximum absolute atomic E-state index is 12.3. The molecule has 1 aliphatic rings. The first-order chi connectivity index (χ1) is 8.38. The first kappa shape index (κ1) is 13.4. The molecule has 3 nitrogen and oxygen atoms in total. The zero-order valence-electron chi connectivity index (χ0n) is 10.3. The highest BCUT2D eigenvalue weighted by molar-refractivity contribution is 6.47. The summed E-state index contributed by atoms with van der Waals surface area (Å²) in [6.07, 6.45) is 0.426. The molecule has 0 saturated carbocycles. The zero-order valence-corrected chi connectivity index (χ0v) is 11.8. The van der Waals surface area contributed by atoms with Crippen molar-refractivity contribution in [1.29, 1.82) is 0 Å². The summed E-state index contributed by atoms with van der Waals surface area (Å²) < 4.78 is 5.06. The van der Waals surface area contributed by atoms with Gasteiger partial charge in [-0.3, -0.25) is 9.59 Å². The Morgan fingerprint density at radius 2 is 1.83 bits per heavy atom. The van der Waals surface area contributed by atoms with Crippen LogP contribution < -0.4 is 4.74 Å². The maximum Gasteiger partial charge on any atom is 0.178 e. The van der Waals surface area contributed by atoms with Crippen LogP contribution in [0.4, 0.5) is 0 Å². The van der Waals surface area contributed by atoms with Crippen molar-refractivity contribution in [2.24, 2.45) is 5.41 Å². The lowest BCUT2D eigenvalue weighted by molar-refractivity contribution is 0.0717. The highest BCUT2D eigenvalue weighted by Gasteiger charge is 2.49. The lowest BCUT2D eigenvalue weighted by atomic mass is 9.82. The van der Waals surface area contributed by atoms with E-state index < -0.39 is 5.41 Å². The number of benzene rings is 1. The molecule has 1 aromatic carbocycles. The SMILES string of the molecule is CCC1(C)C(=O)c2cc(OC)c(Cl)c(Cl)c2C1=O. The van der Waals surface area contributed by atoms with Gasteiger partial charge in [-0.2, -0.15) is 0 Å². The zero-order chi connectivity index (χ0) is 13.7. The van der Waals surface area contributed by atoms with Gasteiger partial charge >= 0.3 is 0 Å². The number of Topliss-reactive ketones (excluding diaryl/α,β-unsaturated/α-hetero) is 2.